The van der Waals surface area contributed by atoms with Crippen LogP contribution < -0.4 is 15.2 Å². The number of benzene rings is 2. The lowest BCUT2D eigenvalue weighted by Crippen LogP contribution is -2.33. The van der Waals surface area contributed by atoms with E-state index in [1.54, 1.807) is 14.2 Å². The lowest BCUT2D eigenvalue weighted by molar-refractivity contribution is 0.381. The van der Waals surface area contributed by atoms with E-state index in [9.17, 15) is 0 Å². The van der Waals surface area contributed by atoms with Gasteiger partial charge in [-0.1, -0.05) is 25.0 Å². The highest BCUT2D eigenvalue weighted by Crippen LogP contribution is 2.44. The van der Waals surface area contributed by atoms with E-state index >= 15 is 0 Å². The molecule has 0 saturated heterocycles. The van der Waals surface area contributed by atoms with Crippen LogP contribution >= 0.6 is 0 Å². The number of hydrogen-bond acceptors (Lipinski definition) is 3. The molecule has 1 saturated carbocycles. The smallest absolute Gasteiger partial charge is 0.124 e. The maximum atomic E-state index is 6.69. The third-order valence-corrected chi connectivity index (χ3v) is 4.40. The Morgan fingerprint density at radius 1 is 1.00 bits per heavy atom. The number of hydrogen-bond donors (Lipinski definition) is 1. The van der Waals surface area contributed by atoms with Crippen LogP contribution in [0.1, 0.15) is 31.2 Å². The van der Waals surface area contributed by atoms with Gasteiger partial charge in [0.2, 0.25) is 0 Å². The molecule has 3 nitrogen and oxygen atoms in total. The van der Waals surface area contributed by atoms with Crippen LogP contribution in [0.4, 0.5) is 0 Å². The first-order valence-electron chi connectivity index (χ1n) is 7.12. The first-order valence-corrected chi connectivity index (χ1v) is 7.12. The average molecular weight is 271 g/mol. The van der Waals surface area contributed by atoms with Gasteiger partial charge in [-0.25, -0.2) is 0 Å². The van der Waals surface area contributed by atoms with Gasteiger partial charge in [0.1, 0.15) is 11.5 Å². The summed E-state index contributed by atoms with van der Waals surface area (Å²) in [6.07, 6.45) is 4.39. The highest BCUT2D eigenvalue weighted by Gasteiger charge is 2.35. The second kappa shape index (κ2) is 4.98. The molecule has 2 aromatic carbocycles. The quantitative estimate of drug-likeness (QED) is 0.928. The fourth-order valence-corrected chi connectivity index (χ4v) is 3.35. The van der Waals surface area contributed by atoms with Crippen molar-refractivity contribution >= 4 is 10.8 Å². The predicted octanol–water partition coefficient (Wildman–Crippen LogP) is 3.59. The maximum Gasteiger partial charge on any atom is 0.124 e. The van der Waals surface area contributed by atoms with E-state index in [4.69, 9.17) is 15.2 Å². The molecule has 1 aliphatic carbocycles. The number of methoxy groups -OCH3 is 2. The third-order valence-electron chi connectivity index (χ3n) is 4.40. The molecule has 0 unspecified atom stereocenters. The second-order valence-electron chi connectivity index (χ2n) is 5.59. The number of ether oxygens (including phenoxy) is 2. The summed E-state index contributed by atoms with van der Waals surface area (Å²) < 4.78 is 10.9. The average Bonchev–Trinajstić information content (AvgIpc) is 2.92. The van der Waals surface area contributed by atoms with Crippen molar-refractivity contribution in [3.63, 3.8) is 0 Å². The van der Waals surface area contributed by atoms with Crippen molar-refractivity contribution in [3.05, 3.63) is 35.9 Å². The first-order chi connectivity index (χ1) is 9.68. The second-order valence-corrected chi connectivity index (χ2v) is 5.59. The fraction of sp³-hybridized carbons (Fsp3) is 0.412. The van der Waals surface area contributed by atoms with Crippen LogP contribution in [-0.4, -0.2) is 14.2 Å². The Morgan fingerprint density at radius 2 is 1.70 bits per heavy atom. The van der Waals surface area contributed by atoms with Crippen molar-refractivity contribution in [1.82, 2.24) is 0 Å². The Kier molecular flexibility index (Phi) is 3.30. The predicted molar refractivity (Wildman–Crippen MR) is 81.4 cm³/mol. The summed E-state index contributed by atoms with van der Waals surface area (Å²) >= 11 is 0. The minimum absolute atomic E-state index is 0.281. The van der Waals surface area contributed by atoms with E-state index in [1.165, 1.54) is 18.2 Å². The van der Waals surface area contributed by atoms with Gasteiger partial charge in [-0.15, -0.1) is 0 Å². The van der Waals surface area contributed by atoms with Crippen molar-refractivity contribution < 1.29 is 9.47 Å². The van der Waals surface area contributed by atoms with Crippen LogP contribution in [0.5, 0.6) is 11.5 Å². The summed E-state index contributed by atoms with van der Waals surface area (Å²) in [6, 6.07) is 10.2. The molecule has 0 spiro atoms. The maximum absolute atomic E-state index is 6.69. The van der Waals surface area contributed by atoms with E-state index in [-0.39, 0.29) is 5.54 Å². The molecule has 0 radical (unpaired) electrons. The van der Waals surface area contributed by atoms with Gasteiger partial charge in [0.25, 0.3) is 0 Å². The monoisotopic (exact) mass is 271 g/mol. The van der Waals surface area contributed by atoms with Gasteiger partial charge in [0.15, 0.2) is 0 Å². The van der Waals surface area contributed by atoms with E-state index in [0.29, 0.717) is 0 Å². The van der Waals surface area contributed by atoms with Crippen LogP contribution in [-0.2, 0) is 5.54 Å². The van der Waals surface area contributed by atoms with Gasteiger partial charge in [0, 0.05) is 11.1 Å². The van der Waals surface area contributed by atoms with Gasteiger partial charge in [0.05, 0.1) is 14.2 Å². The van der Waals surface area contributed by atoms with E-state index in [1.807, 2.05) is 12.1 Å². The summed E-state index contributed by atoms with van der Waals surface area (Å²) in [7, 11) is 3.40. The number of nitrogens with two attached hydrogens (primary N) is 1. The summed E-state index contributed by atoms with van der Waals surface area (Å²) in [5.41, 5.74) is 7.55. The highest BCUT2D eigenvalue weighted by atomic mass is 16.5. The molecule has 106 valence electrons. The van der Waals surface area contributed by atoms with Crippen molar-refractivity contribution in [2.45, 2.75) is 31.2 Å². The molecule has 2 N–H and O–H groups in total. The standard InChI is InChI=1S/C17H21NO2/c1-19-13-7-5-12-6-8-15(20-2)16(14(12)11-13)17(18)9-3-4-10-17/h5-8,11H,3-4,9-10,18H2,1-2H3. The van der Waals surface area contributed by atoms with Crippen molar-refractivity contribution in [2.75, 3.05) is 14.2 Å². The molecule has 0 bridgehead atoms. The van der Waals surface area contributed by atoms with Gasteiger partial charge in [-0.05, 0) is 41.8 Å². The van der Waals surface area contributed by atoms with Crippen molar-refractivity contribution in [3.8, 4) is 11.5 Å². The Labute approximate surface area is 119 Å². The lowest BCUT2D eigenvalue weighted by Gasteiger charge is -2.28. The molecule has 0 amide bonds. The zero-order chi connectivity index (χ0) is 14.2. The Hall–Kier alpha value is -1.74. The lowest BCUT2D eigenvalue weighted by atomic mass is 9.85. The first kappa shape index (κ1) is 13.3. The summed E-state index contributed by atoms with van der Waals surface area (Å²) in [4.78, 5) is 0. The van der Waals surface area contributed by atoms with Crippen molar-refractivity contribution in [2.24, 2.45) is 5.73 Å². The molecule has 20 heavy (non-hydrogen) atoms. The van der Waals surface area contributed by atoms with Crippen LogP contribution in [0.3, 0.4) is 0 Å². The molecule has 1 fully saturated rings. The molecular weight excluding hydrogens is 250 g/mol. The molecule has 1 aliphatic rings. The molecule has 0 aliphatic heterocycles. The Bertz CT molecular complexity index is 625. The van der Waals surface area contributed by atoms with Gasteiger partial charge in [-0.2, -0.15) is 0 Å². The molecule has 0 atom stereocenters. The minimum atomic E-state index is -0.281. The third kappa shape index (κ3) is 2.02. The normalized spacial score (nSPS) is 17.4. The van der Waals surface area contributed by atoms with Crippen LogP contribution in [0.2, 0.25) is 0 Å². The summed E-state index contributed by atoms with van der Waals surface area (Å²) in [5.74, 6) is 1.74. The number of fused-ring (bicyclic) bond motifs is 1. The van der Waals surface area contributed by atoms with Gasteiger partial charge >= 0.3 is 0 Å². The topological polar surface area (TPSA) is 44.5 Å². The minimum Gasteiger partial charge on any atom is -0.497 e. The summed E-state index contributed by atoms with van der Waals surface area (Å²) in [6.45, 7) is 0. The molecule has 3 rings (SSSR count). The Morgan fingerprint density at radius 3 is 2.35 bits per heavy atom. The SMILES string of the molecule is COc1ccc2ccc(OC)c(C3(N)CCCC3)c2c1. The molecule has 2 aromatic rings. The van der Waals surface area contributed by atoms with Gasteiger partial charge < -0.3 is 15.2 Å². The van der Waals surface area contributed by atoms with E-state index in [2.05, 4.69) is 18.2 Å². The van der Waals surface area contributed by atoms with E-state index in [0.717, 1.165) is 35.3 Å². The van der Waals surface area contributed by atoms with Crippen LogP contribution in [0.15, 0.2) is 30.3 Å². The Balaban J connectivity index is 2.29. The number of rotatable bonds is 3. The van der Waals surface area contributed by atoms with Gasteiger partial charge in [-0.3, -0.25) is 0 Å². The van der Waals surface area contributed by atoms with Crippen molar-refractivity contribution in [1.29, 1.82) is 0 Å². The zero-order valence-electron chi connectivity index (χ0n) is 12.1. The molecular formula is C17H21NO2. The molecule has 0 aromatic heterocycles. The van der Waals surface area contributed by atoms with Crippen LogP contribution in [0.25, 0.3) is 10.8 Å². The van der Waals surface area contributed by atoms with E-state index < -0.39 is 0 Å². The molecule has 3 heteroatoms. The fourth-order valence-electron chi connectivity index (χ4n) is 3.35. The largest absolute Gasteiger partial charge is 0.497 e. The molecule has 0 heterocycles. The zero-order valence-corrected chi connectivity index (χ0v) is 12.1. The summed E-state index contributed by atoms with van der Waals surface area (Å²) in [5, 5.41) is 2.33. The highest BCUT2D eigenvalue weighted by molar-refractivity contribution is 5.90. The van der Waals surface area contributed by atoms with Crippen LogP contribution in [0, 0.1) is 0 Å².